The van der Waals surface area contributed by atoms with E-state index in [0.717, 1.165) is 89.9 Å². The predicted octanol–water partition coefficient (Wildman–Crippen LogP) is 16.0. The fourth-order valence-corrected chi connectivity index (χ4v) is 7.57. The van der Waals surface area contributed by atoms with Crippen molar-refractivity contribution in [3.05, 3.63) is 85.1 Å². The lowest BCUT2D eigenvalue weighted by atomic mass is 10.0. The summed E-state index contributed by atoms with van der Waals surface area (Å²) in [5.74, 6) is -0.537. The van der Waals surface area contributed by atoms with E-state index in [2.05, 4.69) is 74.7 Å². The van der Waals surface area contributed by atoms with E-state index in [9.17, 15) is 19.8 Å². The van der Waals surface area contributed by atoms with Crippen LogP contribution in [0.5, 0.6) is 0 Å². The molecule has 0 aliphatic heterocycles. The smallest absolute Gasteiger partial charge is 0.306 e. The number of allylic oxidation sites excluding steroid dienone is 14. The molecule has 0 radical (unpaired) electrons. The summed E-state index contributed by atoms with van der Waals surface area (Å²) in [6.07, 6.45) is 65.0. The summed E-state index contributed by atoms with van der Waals surface area (Å²) in [5, 5.41) is 23.7. The average molecular weight is 878 g/mol. The Morgan fingerprint density at radius 2 is 0.841 bits per heavy atom. The second-order valence-electron chi connectivity index (χ2n) is 17.7. The molecule has 362 valence electrons. The monoisotopic (exact) mass is 878 g/mol. The maximum absolute atomic E-state index is 13.2. The van der Waals surface area contributed by atoms with Crippen LogP contribution in [0.15, 0.2) is 85.1 Å². The standard InChI is InChI=1S/C57H99NO5/c1-4-7-10-13-16-19-22-24-26-28-29-31-33-35-38-41-44-47-50-57(62)63-53(48-45-42-39-36-34-32-30-27-25-23-20-17-14-11-8-5-2)51-56(61)58-54(52-59)55(60)49-46-43-40-37-21-18-15-12-9-6-3/h11,14,17,20,23,25-32,34,53-55,59-60H,4-10,12-13,15-16,18-19,21-22,24,33,35-52H2,1-3H3,(H,58,61)/b14-11+,20-17+,25-23+,28-26+,30-27+,31-29+,34-32+. The van der Waals surface area contributed by atoms with E-state index in [-0.39, 0.29) is 24.9 Å². The maximum atomic E-state index is 13.2. The van der Waals surface area contributed by atoms with Gasteiger partial charge in [0.05, 0.1) is 25.2 Å². The number of unbranched alkanes of at least 4 members (excludes halogenated alkanes) is 25. The molecule has 0 bridgehead atoms. The van der Waals surface area contributed by atoms with E-state index in [1.54, 1.807) is 0 Å². The Hall–Kier alpha value is -2.96. The van der Waals surface area contributed by atoms with Crippen LogP contribution < -0.4 is 5.32 Å². The zero-order valence-electron chi connectivity index (χ0n) is 41.2. The first-order valence-electron chi connectivity index (χ1n) is 26.4. The first-order valence-corrected chi connectivity index (χ1v) is 26.4. The average Bonchev–Trinajstić information content (AvgIpc) is 3.28. The van der Waals surface area contributed by atoms with Crippen molar-refractivity contribution in [2.24, 2.45) is 0 Å². The van der Waals surface area contributed by atoms with Gasteiger partial charge < -0.3 is 20.3 Å². The lowest BCUT2D eigenvalue weighted by Crippen LogP contribution is -2.46. The van der Waals surface area contributed by atoms with Gasteiger partial charge >= 0.3 is 5.97 Å². The molecule has 3 unspecified atom stereocenters. The number of carbonyl (C=O) groups excluding carboxylic acids is 2. The van der Waals surface area contributed by atoms with Crippen molar-refractivity contribution in [1.29, 1.82) is 0 Å². The number of rotatable bonds is 46. The number of ether oxygens (including phenoxy) is 1. The van der Waals surface area contributed by atoms with Gasteiger partial charge in [-0.25, -0.2) is 0 Å². The normalized spacial score (nSPS) is 13.9. The zero-order chi connectivity index (χ0) is 45.9. The van der Waals surface area contributed by atoms with E-state index in [0.29, 0.717) is 19.3 Å². The number of nitrogens with one attached hydrogen (secondary N) is 1. The number of esters is 1. The van der Waals surface area contributed by atoms with Gasteiger partial charge in [0, 0.05) is 6.42 Å². The summed E-state index contributed by atoms with van der Waals surface area (Å²) in [7, 11) is 0. The molecule has 0 spiro atoms. The van der Waals surface area contributed by atoms with Gasteiger partial charge in [0.25, 0.3) is 0 Å². The van der Waals surface area contributed by atoms with Crippen molar-refractivity contribution in [2.75, 3.05) is 6.61 Å². The van der Waals surface area contributed by atoms with Crippen molar-refractivity contribution in [3.8, 4) is 0 Å². The lowest BCUT2D eigenvalue weighted by Gasteiger charge is -2.24. The third-order valence-electron chi connectivity index (χ3n) is 11.6. The van der Waals surface area contributed by atoms with E-state index in [4.69, 9.17) is 4.74 Å². The third-order valence-corrected chi connectivity index (χ3v) is 11.6. The molecule has 0 saturated carbocycles. The van der Waals surface area contributed by atoms with Crippen LogP contribution in [-0.4, -0.2) is 46.9 Å². The van der Waals surface area contributed by atoms with Crippen molar-refractivity contribution in [1.82, 2.24) is 5.32 Å². The van der Waals surface area contributed by atoms with Gasteiger partial charge in [0.1, 0.15) is 6.10 Å². The van der Waals surface area contributed by atoms with E-state index < -0.39 is 18.2 Å². The molecule has 0 aliphatic carbocycles. The van der Waals surface area contributed by atoms with E-state index >= 15 is 0 Å². The lowest BCUT2D eigenvalue weighted by molar-refractivity contribution is -0.151. The third kappa shape index (κ3) is 45.4. The molecule has 0 aliphatic rings. The molecular formula is C57H99NO5. The van der Waals surface area contributed by atoms with Crippen molar-refractivity contribution < 1.29 is 24.5 Å². The van der Waals surface area contributed by atoms with Crippen molar-refractivity contribution in [3.63, 3.8) is 0 Å². The number of aliphatic hydroxyl groups excluding tert-OH is 2. The number of aliphatic hydroxyl groups is 2. The molecule has 0 rings (SSSR count). The van der Waals surface area contributed by atoms with Crippen LogP contribution in [0.2, 0.25) is 0 Å². The molecule has 0 aromatic heterocycles. The van der Waals surface area contributed by atoms with Crippen LogP contribution in [0, 0.1) is 0 Å². The molecule has 1 amide bonds. The molecule has 6 nitrogen and oxygen atoms in total. The summed E-state index contributed by atoms with van der Waals surface area (Å²) in [5.41, 5.74) is 0. The molecule has 0 saturated heterocycles. The first-order chi connectivity index (χ1) is 31.0. The Balaban J connectivity index is 4.70. The van der Waals surface area contributed by atoms with E-state index in [1.807, 2.05) is 36.5 Å². The van der Waals surface area contributed by atoms with Gasteiger partial charge in [-0.3, -0.25) is 9.59 Å². The molecule has 3 atom stereocenters. The Morgan fingerprint density at radius 3 is 1.32 bits per heavy atom. The highest BCUT2D eigenvalue weighted by atomic mass is 16.5. The minimum Gasteiger partial charge on any atom is -0.462 e. The molecule has 6 heteroatoms. The summed E-state index contributed by atoms with van der Waals surface area (Å²) in [4.78, 5) is 26.2. The van der Waals surface area contributed by atoms with Crippen LogP contribution in [0.1, 0.15) is 239 Å². The Kier molecular flexibility index (Phi) is 47.7. The Morgan fingerprint density at radius 1 is 0.460 bits per heavy atom. The highest BCUT2D eigenvalue weighted by molar-refractivity contribution is 5.77. The largest absolute Gasteiger partial charge is 0.462 e. The highest BCUT2D eigenvalue weighted by Crippen LogP contribution is 2.17. The SMILES string of the molecule is CCC/C=C/C=C/C=C/C=C/C=C/CCCCCC(CC(=O)NC(CO)C(O)CCCCCCCCCCCC)OC(=O)CCCCCCC/C=C/C=C/CCCCCCCCC. The molecule has 0 fully saturated rings. The minimum atomic E-state index is -0.806. The zero-order valence-corrected chi connectivity index (χ0v) is 41.2. The first kappa shape index (κ1) is 60.0. The summed E-state index contributed by atoms with van der Waals surface area (Å²) in [6, 6.07) is -0.723. The summed E-state index contributed by atoms with van der Waals surface area (Å²) < 4.78 is 5.91. The second-order valence-corrected chi connectivity index (χ2v) is 17.7. The number of hydrogen-bond acceptors (Lipinski definition) is 5. The Labute approximate surface area is 389 Å². The molecule has 3 N–H and O–H groups in total. The fourth-order valence-electron chi connectivity index (χ4n) is 7.57. The summed E-state index contributed by atoms with van der Waals surface area (Å²) >= 11 is 0. The van der Waals surface area contributed by atoms with E-state index in [1.165, 1.54) is 103 Å². The minimum absolute atomic E-state index is 0.0392. The second kappa shape index (κ2) is 50.0. The van der Waals surface area contributed by atoms with Gasteiger partial charge in [-0.05, 0) is 70.6 Å². The van der Waals surface area contributed by atoms with Crippen molar-refractivity contribution in [2.45, 2.75) is 257 Å². The van der Waals surface area contributed by atoms with Crippen LogP contribution in [-0.2, 0) is 14.3 Å². The molecule has 0 heterocycles. The van der Waals surface area contributed by atoms with Gasteiger partial charge in [0.2, 0.25) is 5.91 Å². The maximum Gasteiger partial charge on any atom is 0.306 e. The molecule has 63 heavy (non-hydrogen) atoms. The predicted molar refractivity (Wildman–Crippen MR) is 273 cm³/mol. The van der Waals surface area contributed by atoms with Crippen LogP contribution in [0.25, 0.3) is 0 Å². The number of carbonyl (C=O) groups is 2. The van der Waals surface area contributed by atoms with Gasteiger partial charge in [-0.2, -0.15) is 0 Å². The molecule has 0 aromatic carbocycles. The quantitative estimate of drug-likeness (QED) is 0.0322. The number of hydrogen-bond donors (Lipinski definition) is 3. The topological polar surface area (TPSA) is 95.9 Å². The van der Waals surface area contributed by atoms with Crippen molar-refractivity contribution >= 4 is 11.9 Å². The van der Waals surface area contributed by atoms with Crippen LogP contribution >= 0.6 is 0 Å². The van der Waals surface area contributed by atoms with Gasteiger partial charge in [0.15, 0.2) is 0 Å². The summed E-state index contributed by atoms with van der Waals surface area (Å²) in [6.45, 7) is 6.36. The number of amides is 1. The fraction of sp³-hybridized carbons (Fsp3) is 0.719. The van der Waals surface area contributed by atoms with Gasteiger partial charge in [-0.15, -0.1) is 0 Å². The van der Waals surface area contributed by atoms with Crippen LogP contribution in [0.3, 0.4) is 0 Å². The Bertz CT molecular complexity index is 1210. The molecular weight excluding hydrogens is 779 g/mol. The van der Waals surface area contributed by atoms with Crippen LogP contribution in [0.4, 0.5) is 0 Å². The van der Waals surface area contributed by atoms with Gasteiger partial charge in [-0.1, -0.05) is 241 Å². The highest BCUT2D eigenvalue weighted by Gasteiger charge is 2.24. The molecule has 0 aromatic rings.